The van der Waals surface area contributed by atoms with Crippen molar-refractivity contribution < 1.29 is 14.6 Å². The van der Waals surface area contributed by atoms with Crippen LogP contribution >= 0.6 is 12.2 Å². The molecule has 0 aliphatic rings. The Kier molecular flexibility index (Phi) is 4.66. The van der Waals surface area contributed by atoms with Gasteiger partial charge in [0.1, 0.15) is 0 Å². The van der Waals surface area contributed by atoms with Crippen LogP contribution in [0.1, 0.15) is 11.1 Å². The number of ether oxygens (including phenoxy) is 1. The van der Waals surface area contributed by atoms with Crippen LogP contribution in [0.5, 0.6) is 0 Å². The molecular weight excluding hydrogens is 224 g/mol. The maximum atomic E-state index is 10.8. The van der Waals surface area contributed by atoms with Crippen molar-refractivity contribution in [3.05, 3.63) is 47.5 Å². The fourth-order valence-electron chi connectivity index (χ4n) is 1.14. The van der Waals surface area contributed by atoms with Crippen LogP contribution in [0, 0.1) is 0 Å². The molecule has 0 aliphatic carbocycles. The van der Waals surface area contributed by atoms with E-state index in [4.69, 9.17) is 5.11 Å². The van der Waals surface area contributed by atoms with Crippen LogP contribution in [-0.2, 0) is 16.0 Å². The quantitative estimate of drug-likeness (QED) is 0.494. The molecule has 0 fully saturated rings. The van der Waals surface area contributed by atoms with Crippen LogP contribution in [0.4, 0.5) is 0 Å². The van der Waals surface area contributed by atoms with Crippen LogP contribution in [-0.4, -0.2) is 23.2 Å². The molecule has 3 nitrogen and oxygen atoms in total. The lowest BCUT2D eigenvalue weighted by Crippen LogP contribution is -1.95. The van der Waals surface area contributed by atoms with Gasteiger partial charge in [-0.3, -0.25) is 0 Å². The fourth-order valence-corrected chi connectivity index (χ4v) is 1.28. The van der Waals surface area contributed by atoms with E-state index < -0.39 is 0 Å². The molecule has 0 amide bonds. The minimum absolute atomic E-state index is 0.114. The third-order valence-electron chi connectivity index (χ3n) is 2.01. The largest absolute Gasteiger partial charge is 0.499 e. The third-order valence-corrected chi connectivity index (χ3v) is 2.25. The summed E-state index contributed by atoms with van der Waals surface area (Å²) >= 11 is 4.62. The Morgan fingerprint density at radius 3 is 2.56 bits per heavy atom. The highest BCUT2D eigenvalue weighted by atomic mass is 32.1. The summed E-state index contributed by atoms with van der Waals surface area (Å²) in [5.41, 5.74) is 1.65. The van der Waals surface area contributed by atoms with Gasteiger partial charge >= 0.3 is 5.97 Å². The normalized spacial score (nSPS) is 10.3. The molecule has 4 heteroatoms. The van der Waals surface area contributed by atoms with Crippen molar-refractivity contribution >= 4 is 23.2 Å². The van der Waals surface area contributed by atoms with E-state index in [1.54, 1.807) is 18.2 Å². The molecule has 1 aromatic carbocycles. The Hall–Kier alpha value is -1.68. The predicted octanol–water partition coefficient (Wildman–Crippen LogP) is 2.19. The first kappa shape index (κ1) is 12.4. The molecule has 84 valence electrons. The van der Waals surface area contributed by atoms with Crippen LogP contribution < -0.4 is 0 Å². The molecule has 0 saturated carbocycles. The smallest absolute Gasteiger partial charge is 0.330 e. The van der Waals surface area contributed by atoms with Gasteiger partial charge in [-0.05, 0) is 24.2 Å². The highest BCUT2D eigenvalue weighted by Gasteiger charge is 1.97. The Balaban J connectivity index is 2.59. The molecule has 0 unspecified atom stereocenters. The molecule has 0 saturated heterocycles. The summed E-state index contributed by atoms with van der Waals surface area (Å²) in [7, 11) is 1.34. The molecule has 0 spiro atoms. The molecule has 1 N–H and O–H groups in total. The first-order valence-electron chi connectivity index (χ1n) is 4.70. The molecule has 0 atom stereocenters. The lowest BCUT2D eigenvalue weighted by Gasteiger charge is -1.99. The molecule has 1 rings (SSSR count). The Bertz CT molecular complexity index is 407. The van der Waals surface area contributed by atoms with Crippen molar-refractivity contribution in [2.75, 3.05) is 7.11 Å². The second-order valence-corrected chi connectivity index (χ2v) is 3.52. The van der Waals surface area contributed by atoms with Crippen LogP contribution in [0.25, 0.3) is 0 Å². The average molecular weight is 236 g/mol. The summed E-state index contributed by atoms with van der Waals surface area (Å²) in [6, 6.07) is 7.17. The number of carbonyl (C=O) groups is 1. The molecule has 0 aromatic heterocycles. The maximum absolute atomic E-state index is 10.8. The maximum Gasteiger partial charge on any atom is 0.330 e. The summed E-state index contributed by atoms with van der Waals surface area (Å²) < 4.78 is 4.46. The van der Waals surface area contributed by atoms with Crippen LogP contribution in [0.15, 0.2) is 36.4 Å². The van der Waals surface area contributed by atoms with Gasteiger partial charge in [0.2, 0.25) is 0 Å². The van der Waals surface area contributed by atoms with Crippen molar-refractivity contribution in [2.24, 2.45) is 0 Å². The van der Waals surface area contributed by atoms with Gasteiger partial charge in [-0.2, -0.15) is 0 Å². The second-order valence-electron chi connectivity index (χ2n) is 3.13. The summed E-state index contributed by atoms with van der Waals surface area (Å²) in [5, 5.41) is 8.94. The van der Waals surface area contributed by atoms with Gasteiger partial charge in [0.15, 0.2) is 5.05 Å². The standard InChI is InChI=1S/C12H12O3S/c1-15-11(13)4-2-3-9-5-7-10(8-6-9)12(14)16/h2,4-8H,3H2,1H3,(H,14,16). The van der Waals surface area contributed by atoms with Gasteiger partial charge in [-0.1, -0.05) is 30.3 Å². The van der Waals surface area contributed by atoms with Crippen molar-refractivity contribution in [2.45, 2.75) is 6.42 Å². The Morgan fingerprint density at radius 2 is 2.06 bits per heavy atom. The van der Waals surface area contributed by atoms with E-state index in [2.05, 4.69) is 17.0 Å². The van der Waals surface area contributed by atoms with Crippen molar-refractivity contribution in [3.63, 3.8) is 0 Å². The number of methoxy groups -OCH3 is 1. The summed E-state index contributed by atoms with van der Waals surface area (Å²) in [4.78, 5) is 10.8. The zero-order chi connectivity index (χ0) is 12.0. The van der Waals surface area contributed by atoms with E-state index in [1.165, 1.54) is 13.2 Å². The highest BCUT2D eigenvalue weighted by molar-refractivity contribution is 7.80. The van der Waals surface area contributed by atoms with Gasteiger partial charge < -0.3 is 9.84 Å². The van der Waals surface area contributed by atoms with Crippen molar-refractivity contribution in [1.82, 2.24) is 0 Å². The number of aliphatic hydroxyl groups excluding tert-OH is 1. The van der Waals surface area contributed by atoms with Gasteiger partial charge in [0, 0.05) is 11.6 Å². The minimum Gasteiger partial charge on any atom is -0.499 e. The molecule has 16 heavy (non-hydrogen) atoms. The fraction of sp³-hybridized carbons (Fsp3) is 0.167. The zero-order valence-corrected chi connectivity index (χ0v) is 9.66. The minimum atomic E-state index is -0.367. The third kappa shape index (κ3) is 3.82. The Labute approximate surface area is 99.4 Å². The van der Waals surface area contributed by atoms with Crippen LogP contribution in [0.2, 0.25) is 0 Å². The topological polar surface area (TPSA) is 46.5 Å². The van der Waals surface area contributed by atoms with E-state index in [1.807, 2.05) is 12.1 Å². The lowest BCUT2D eigenvalue weighted by molar-refractivity contribution is -0.134. The number of hydrogen-bond acceptors (Lipinski definition) is 3. The van der Waals surface area contributed by atoms with E-state index in [0.717, 1.165) is 5.56 Å². The first-order valence-corrected chi connectivity index (χ1v) is 5.11. The molecule has 1 aromatic rings. The molecule has 0 heterocycles. The summed E-state index contributed by atoms with van der Waals surface area (Å²) in [6.07, 6.45) is 3.73. The number of benzene rings is 1. The summed E-state index contributed by atoms with van der Waals surface area (Å²) in [5.74, 6) is -0.367. The number of rotatable bonds is 4. The number of hydrogen-bond donors (Lipinski definition) is 1. The van der Waals surface area contributed by atoms with Crippen LogP contribution in [0.3, 0.4) is 0 Å². The number of carbonyl (C=O) groups excluding carboxylic acids is 1. The van der Waals surface area contributed by atoms with Gasteiger partial charge in [0.25, 0.3) is 0 Å². The predicted molar refractivity (Wildman–Crippen MR) is 65.6 cm³/mol. The monoisotopic (exact) mass is 236 g/mol. The van der Waals surface area contributed by atoms with Crippen molar-refractivity contribution in [1.29, 1.82) is 0 Å². The van der Waals surface area contributed by atoms with E-state index in [-0.39, 0.29) is 11.0 Å². The number of thiocarbonyl (C=S) groups is 1. The zero-order valence-electron chi connectivity index (χ0n) is 8.84. The highest BCUT2D eigenvalue weighted by Crippen LogP contribution is 2.06. The van der Waals surface area contributed by atoms with Gasteiger partial charge in [-0.15, -0.1) is 0 Å². The van der Waals surface area contributed by atoms with E-state index >= 15 is 0 Å². The molecule has 0 bridgehead atoms. The van der Waals surface area contributed by atoms with E-state index in [0.29, 0.717) is 12.0 Å². The number of aliphatic hydroxyl groups is 1. The number of allylic oxidation sites excluding steroid dienone is 1. The molecular formula is C12H12O3S. The first-order chi connectivity index (χ1) is 7.63. The average Bonchev–Trinajstić information content (AvgIpc) is 2.29. The molecule has 0 radical (unpaired) electrons. The van der Waals surface area contributed by atoms with Gasteiger partial charge in [-0.25, -0.2) is 4.79 Å². The van der Waals surface area contributed by atoms with E-state index in [9.17, 15) is 4.79 Å². The lowest BCUT2D eigenvalue weighted by atomic mass is 10.1. The van der Waals surface area contributed by atoms with Gasteiger partial charge in [0.05, 0.1) is 7.11 Å². The second kappa shape index (κ2) is 6.02. The number of esters is 1. The summed E-state index contributed by atoms with van der Waals surface area (Å²) in [6.45, 7) is 0. The Morgan fingerprint density at radius 1 is 1.44 bits per heavy atom. The molecule has 0 aliphatic heterocycles. The SMILES string of the molecule is COC(=O)C=CCc1ccc(C(O)=S)cc1. The van der Waals surface area contributed by atoms with Crippen molar-refractivity contribution in [3.8, 4) is 0 Å².